The van der Waals surface area contributed by atoms with Gasteiger partial charge in [-0.1, -0.05) is 11.6 Å². The molecule has 0 spiro atoms. The van der Waals surface area contributed by atoms with E-state index in [1.165, 1.54) is 6.20 Å². The van der Waals surface area contributed by atoms with Gasteiger partial charge in [0.25, 0.3) is 0 Å². The van der Waals surface area contributed by atoms with Gasteiger partial charge in [0.1, 0.15) is 5.82 Å². The first kappa shape index (κ1) is 13.0. The third kappa shape index (κ3) is 2.85. The first-order valence-electron chi connectivity index (χ1n) is 5.98. The van der Waals surface area contributed by atoms with E-state index in [0.717, 1.165) is 25.9 Å². The number of halogens is 1. The highest BCUT2D eigenvalue weighted by Crippen LogP contribution is 2.24. The molecule has 1 aliphatic heterocycles. The van der Waals surface area contributed by atoms with Gasteiger partial charge in [0, 0.05) is 20.1 Å². The van der Waals surface area contributed by atoms with Crippen LogP contribution >= 0.6 is 11.6 Å². The largest absolute Gasteiger partial charge is 0.397 e. The lowest BCUT2D eigenvalue weighted by molar-refractivity contribution is -0.128. The van der Waals surface area contributed by atoms with Crippen LogP contribution in [0.5, 0.6) is 0 Å². The number of aromatic nitrogens is 1. The fourth-order valence-electron chi connectivity index (χ4n) is 2.07. The zero-order valence-corrected chi connectivity index (χ0v) is 11.2. The summed E-state index contributed by atoms with van der Waals surface area (Å²) >= 11 is 6.06. The summed E-state index contributed by atoms with van der Waals surface area (Å²) in [4.78, 5) is 19.8. The second-order valence-corrected chi connectivity index (χ2v) is 4.93. The molecule has 5 nitrogen and oxygen atoms in total. The van der Waals surface area contributed by atoms with Crippen LogP contribution in [0.25, 0.3) is 0 Å². The van der Waals surface area contributed by atoms with Gasteiger partial charge in [-0.15, -0.1) is 0 Å². The second-order valence-electron chi connectivity index (χ2n) is 4.52. The summed E-state index contributed by atoms with van der Waals surface area (Å²) in [6, 6.07) is 1.64. The van der Waals surface area contributed by atoms with Gasteiger partial charge in [-0.2, -0.15) is 0 Å². The lowest BCUT2D eigenvalue weighted by Gasteiger charge is -2.22. The normalized spacial score (nSPS) is 14.9. The predicted octanol–water partition coefficient (Wildman–Crippen LogP) is 1.38. The fraction of sp³-hybridized carbons (Fsp3) is 0.500. The Bertz CT molecular complexity index is 446. The molecule has 1 fully saturated rings. The molecule has 0 aromatic carbocycles. The molecule has 98 valence electrons. The van der Waals surface area contributed by atoms with Crippen molar-refractivity contribution >= 4 is 29.0 Å². The highest BCUT2D eigenvalue weighted by atomic mass is 35.5. The highest BCUT2D eigenvalue weighted by Gasteiger charge is 2.20. The number of hydrogen-bond acceptors (Lipinski definition) is 4. The number of amides is 1. The molecule has 0 atom stereocenters. The average molecular weight is 269 g/mol. The van der Waals surface area contributed by atoms with Crippen molar-refractivity contribution < 1.29 is 4.79 Å². The summed E-state index contributed by atoms with van der Waals surface area (Å²) < 4.78 is 0. The Kier molecular flexibility index (Phi) is 3.91. The smallest absolute Gasteiger partial charge is 0.242 e. The van der Waals surface area contributed by atoms with E-state index in [1.807, 2.05) is 4.90 Å². The van der Waals surface area contributed by atoms with Crippen LogP contribution in [0.15, 0.2) is 12.3 Å². The Labute approximate surface area is 112 Å². The maximum absolute atomic E-state index is 12.0. The van der Waals surface area contributed by atoms with Crippen LogP contribution in [0.2, 0.25) is 5.02 Å². The zero-order chi connectivity index (χ0) is 13.1. The summed E-state index contributed by atoms with van der Waals surface area (Å²) in [6.45, 7) is 2.00. The van der Waals surface area contributed by atoms with Gasteiger partial charge in [0.15, 0.2) is 0 Å². The van der Waals surface area contributed by atoms with E-state index >= 15 is 0 Å². The summed E-state index contributed by atoms with van der Waals surface area (Å²) in [7, 11) is 1.80. The maximum Gasteiger partial charge on any atom is 0.242 e. The first-order valence-corrected chi connectivity index (χ1v) is 6.35. The number of rotatable bonds is 3. The molecule has 1 saturated heterocycles. The van der Waals surface area contributed by atoms with Gasteiger partial charge in [0.05, 0.1) is 23.5 Å². The van der Waals surface area contributed by atoms with Crippen molar-refractivity contribution in [2.24, 2.45) is 0 Å². The molecule has 0 radical (unpaired) electrons. The Morgan fingerprint density at radius 2 is 2.22 bits per heavy atom. The van der Waals surface area contributed by atoms with E-state index in [9.17, 15) is 4.79 Å². The quantitative estimate of drug-likeness (QED) is 0.900. The number of nitrogens with two attached hydrogens (primary N) is 1. The predicted molar refractivity (Wildman–Crippen MR) is 72.7 cm³/mol. The molecule has 18 heavy (non-hydrogen) atoms. The van der Waals surface area contributed by atoms with E-state index in [1.54, 1.807) is 18.0 Å². The van der Waals surface area contributed by atoms with Gasteiger partial charge >= 0.3 is 0 Å². The van der Waals surface area contributed by atoms with E-state index in [0.29, 0.717) is 16.5 Å². The van der Waals surface area contributed by atoms with E-state index in [4.69, 9.17) is 17.3 Å². The monoisotopic (exact) mass is 268 g/mol. The molecule has 1 amide bonds. The number of carbonyl (C=O) groups is 1. The molecule has 1 aromatic heterocycles. The number of likely N-dealkylation sites (N-methyl/N-ethyl adjacent to an activating group) is 1. The summed E-state index contributed by atoms with van der Waals surface area (Å²) in [6.07, 6.45) is 3.73. The topological polar surface area (TPSA) is 62.5 Å². The molecular weight excluding hydrogens is 252 g/mol. The van der Waals surface area contributed by atoms with Crippen LogP contribution in [0, 0.1) is 0 Å². The molecule has 1 aliphatic rings. The molecule has 2 heterocycles. The number of anilines is 2. The van der Waals surface area contributed by atoms with Crippen LogP contribution < -0.4 is 10.6 Å². The van der Waals surface area contributed by atoms with Gasteiger partial charge in [-0.3, -0.25) is 4.79 Å². The van der Waals surface area contributed by atoms with Crippen LogP contribution in [0.3, 0.4) is 0 Å². The molecule has 1 aromatic rings. The SMILES string of the molecule is CN(CC(=O)N1CCCC1)c1ncc(N)cc1Cl. The lowest BCUT2D eigenvalue weighted by atomic mass is 10.3. The standard InChI is InChI=1S/C12H17ClN4O/c1-16(8-11(18)17-4-2-3-5-17)12-10(13)6-9(14)7-15-12/h6-7H,2-5,8,14H2,1H3. The Morgan fingerprint density at radius 1 is 1.56 bits per heavy atom. The third-order valence-corrected chi connectivity index (χ3v) is 3.31. The van der Waals surface area contributed by atoms with Crippen LogP contribution in [-0.4, -0.2) is 42.5 Å². The van der Waals surface area contributed by atoms with Gasteiger partial charge in [-0.25, -0.2) is 4.98 Å². The van der Waals surface area contributed by atoms with Crippen molar-refractivity contribution in [3.63, 3.8) is 0 Å². The van der Waals surface area contributed by atoms with Gasteiger partial charge < -0.3 is 15.5 Å². The lowest BCUT2D eigenvalue weighted by Crippen LogP contribution is -2.37. The second kappa shape index (κ2) is 5.44. The first-order chi connectivity index (χ1) is 8.58. The summed E-state index contributed by atoms with van der Waals surface area (Å²) in [5.74, 6) is 0.697. The minimum atomic E-state index is 0.115. The minimum Gasteiger partial charge on any atom is -0.397 e. The third-order valence-electron chi connectivity index (χ3n) is 3.04. The van der Waals surface area contributed by atoms with Crippen molar-refractivity contribution in [3.8, 4) is 0 Å². The number of nitrogens with zero attached hydrogens (tertiary/aromatic N) is 3. The van der Waals surface area contributed by atoms with Gasteiger partial charge in [0.2, 0.25) is 5.91 Å². The van der Waals surface area contributed by atoms with Crippen LogP contribution in [0.1, 0.15) is 12.8 Å². The van der Waals surface area contributed by atoms with Crippen molar-refractivity contribution in [2.45, 2.75) is 12.8 Å². The van der Waals surface area contributed by atoms with E-state index in [-0.39, 0.29) is 12.5 Å². The van der Waals surface area contributed by atoms with E-state index < -0.39 is 0 Å². The Morgan fingerprint density at radius 3 is 2.83 bits per heavy atom. The van der Waals surface area contributed by atoms with Crippen molar-refractivity contribution in [1.29, 1.82) is 0 Å². The summed E-state index contributed by atoms with van der Waals surface area (Å²) in [5.41, 5.74) is 6.10. The Hall–Kier alpha value is -1.49. The molecule has 0 bridgehead atoms. The molecule has 6 heteroatoms. The molecule has 0 aliphatic carbocycles. The number of nitrogen functional groups attached to an aromatic ring is 1. The molecular formula is C12H17ClN4O. The summed E-state index contributed by atoms with van der Waals surface area (Å²) in [5, 5.41) is 0.465. The molecule has 0 unspecified atom stereocenters. The Balaban J connectivity index is 2.02. The maximum atomic E-state index is 12.0. The average Bonchev–Trinajstić information content (AvgIpc) is 2.81. The molecule has 2 rings (SSSR count). The van der Waals surface area contributed by atoms with Gasteiger partial charge in [-0.05, 0) is 18.9 Å². The fourth-order valence-corrected chi connectivity index (χ4v) is 2.39. The van der Waals surface area contributed by atoms with Crippen molar-refractivity contribution in [2.75, 3.05) is 37.3 Å². The van der Waals surface area contributed by atoms with E-state index in [2.05, 4.69) is 4.98 Å². The molecule has 2 N–H and O–H groups in total. The number of likely N-dealkylation sites (tertiary alicyclic amines) is 1. The van der Waals surface area contributed by atoms with Crippen LogP contribution in [0.4, 0.5) is 11.5 Å². The van der Waals surface area contributed by atoms with Crippen LogP contribution in [-0.2, 0) is 4.79 Å². The number of carbonyl (C=O) groups excluding carboxylic acids is 1. The minimum absolute atomic E-state index is 0.115. The number of pyridine rings is 1. The zero-order valence-electron chi connectivity index (χ0n) is 10.4. The highest BCUT2D eigenvalue weighted by molar-refractivity contribution is 6.33. The number of hydrogen-bond donors (Lipinski definition) is 1. The van der Waals surface area contributed by atoms with Crippen molar-refractivity contribution in [1.82, 2.24) is 9.88 Å². The van der Waals surface area contributed by atoms with Crippen molar-refractivity contribution in [3.05, 3.63) is 17.3 Å². The molecule has 0 saturated carbocycles.